The summed E-state index contributed by atoms with van der Waals surface area (Å²) in [6.45, 7) is -0.112. The predicted octanol–water partition coefficient (Wildman–Crippen LogP) is 2.72. The molecule has 1 aromatic heterocycles. The van der Waals surface area contributed by atoms with Crippen molar-refractivity contribution in [3.8, 4) is 5.75 Å². The molecule has 2 heterocycles. The Morgan fingerprint density at radius 2 is 2.09 bits per heavy atom. The van der Waals surface area contributed by atoms with Gasteiger partial charge in [-0.15, -0.1) is 0 Å². The van der Waals surface area contributed by atoms with Gasteiger partial charge < -0.3 is 24.3 Å². The molecule has 168 valence electrons. The average molecular weight is 460 g/mol. The molecule has 3 aromatic rings. The molecule has 4 rings (SSSR count). The number of anilines is 1. The van der Waals surface area contributed by atoms with Gasteiger partial charge in [-0.1, -0.05) is 30.3 Å². The number of nitrogens with two attached hydrogens (primary N) is 1. The van der Waals surface area contributed by atoms with Crippen molar-refractivity contribution in [2.24, 2.45) is 0 Å². The quantitative estimate of drug-likeness (QED) is 0.370. The van der Waals surface area contributed by atoms with Crippen LogP contribution in [0.15, 0.2) is 59.5 Å². The molecule has 0 spiro atoms. The fraction of sp³-hybridized carbons (Fsp3) is 0.286. The summed E-state index contributed by atoms with van der Waals surface area (Å²) in [5.41, 5.74) is 4.88. The maximum absolute atomic E-state index is 14.6. The third kappa shape index (κ3) is 5.28. The predicted molar refractivity (Wildman–Crippen MR) is 118 cm³/mol. The maximum atomic E-state index is 14.6. The van der Waals surface area contributed by atoms with Crippen molar-refractivity contribution in [3.05, 3.63) is 65.2 Å². The number of aromatic nitrogens is 2. The highest BCUT2D eigenvalue weighted by Gasteiger charge is 2.37. The zero-order valence-corrected chi connectivity index (χ0v) is 17.9. The van der Waals surface area contributed by atoms with E-state index < -0.39 is 32.7 Å². The summed E-state index contributed by atoms with van der Waals surface area (Å²) in [7, 11) is -1.74. The molecule has 11 heteroatoms. The number of nitrogens with one attached hydrogen (secondary N) is 1. The smallest absolute Gasteiger partial charge is 0.351 e. The van der Waals surface area contributed by atoms with Crippen molar-refractivity contribution >= 4 is 31.4 Å². The molecule has 0 amide bonds. The average Bonchev–Trinajstić information content (AvgIpc) is 3.15. The van der Waals surface area contributed by atoms with Crippen molar-refractivity contribution in [3.63, 3.8) is 0 Å². The van der Waals surface area contributed by atoms with Gasteiger partial charge in [-0.25, -0.2) is 14.3 Å². The van der Waals surface area contributed by atoms with Gasteiger partial charge >= 0.3 is 14.2 Å². The minimum atomic E-state index is -1.74. The first-order valence-corrected chi connectivity index (χ1v) is 11.1. The fourth-order valence-corrected chi connectivity index (χ4v) is 4.35. The summed E-state index contributed by atoms with van der Waals surface area (Å²) in [4.78, 5) is 26.4. The Hall–Kier alpha value is -2.91. The van der Waals surface area contributed by atoms with Crippen LogP contribution < -0.4 is 21.0 Å². The van der Waals surface area contributed by atoms with Gasteiger partial charge in [0.05, 0.1) is 13.2 Å². The van der Waals surface area contributed by atoms with Gasteiger partial charge in [-0.3, -0.25) is 4.57 Å². The molecule has 0 aliphatic carbocycles. The molecule has 9 nitrogen and oxygen atoms in total. The Morgan fingerprint density at radius 3 is 2.88 bits per heavy atom. The van der Waals surface area contributed by atoms with Crippen LogP contribution in [0, 0.1) is 0 Å². The highest BCUT2D eigenvalue weighted by molar-refractivity contribution is 7.45. The summed E-state index contributed by atoms with van der Waals surface area (Å²) in [5, 5.41) is 4.91. The number of fused-ring (bicyclic) bond motifs is 1. The van der Waals surface area contributed by atoms with E-state index in [1.807, 2.05) is 36.4 Å². The van der Waals surface area contributed by atoms with Gasteiger partial charge in [0.1, 0.15) is 36.4 Å². The molecule has 1 fully saturated rings. The van der Waals surface area contributed by atoms with Crippen LogP contribution in [-0.4, -0.2) is 41.3 Å². The van der Waals surface area contributed by atoms with E-state index >= 15 is 0 Å². The lowest BCUT2D eigenvalue weighted by Gasteiger charge is -2.21. The van der Waals surface area contributed by atoms with Gasteiger partial charge in [-0.05, 0) is 29.0 Å². The van der Waals surface area contributed by atoms with Crippen LogP contribution in [0.3, 0.4) is 0 Å². The number of aldehydes is 1. The van der Waals surface area contributed by atoms with Crippen LogP contribution in [0.25, 0.3) is 10.8 Å². The van der Waals surface area contributed by atoms with Crippen molar-refractivity contribution < 1.29 is 23.0 Å². The number of benzene rings is 2. The number of alkyl halides is 1. The lowest BCUT2D eigenvalue weighted by molar-refractivity contribution is -0.106. The first kappa shape index (κ1) is 22.3. The van der Waals surface area contributed by atoms with Crippen molar-refractivity contribution in [2.45, 2.75) is 24.9 Å². The van der Waals surface area contributed by atoms with Crippen molar-refractivity contribution in [2.75, 3.05) is 18.9 Å². The molecular weight excluding hydrogens is 438 g/mol. The molecule has 0 radical (unpaired) electrons. The monoisotopic (exact) mass is 460 g/mol. The SMILES string of the molecule is Nc1ccn(C2CC(F)C(COP(NCC=O)Oc3ccc4ccccc4c3)O2)c(=O)n1. The van der Waals surface area contributed by atoms with E-state index in [2.05, 4.69) is 10.1 Å². The first-order chi connectivity index (χ1) is 15.5. The lowest BCUT2D eigenvalue weighted by Crippen LogP contribution is -2.28. The zero-order chi connectivity index (χ0) is 22.5. The standard InChI is InChI=1S/C21H22FN4O5P/c22-17-12-20(26-9-7-19(23)25-21(26)28)30-18(17)13-29-32(24-8-10-27)31-16-6-5-14-3-1-2-4-15(14)11-16/h1-7,9-11,17-18,20,24H,8,12-13H2,(H2,23,25,28). The van der Waals surface area contributed by atoms with Gasteiger partial charge in [0.15, 0.2) is 0 Å². The van der Waals surface area contributed by atoms with Crippen LogP contribution in [0.1, 0.15) is 12.6 Å². The third-order valence-corrected chi connectivity index (χ3v) is 6.09. The van der Waals surface area contributed by atoms with Gasteiger partial charge in [0.25, 0.3) is 0 Å². The van der Waals surface area contributed by atoms with Gasteiger partial charge in [0.2, 0.25) is 0 Å². The van der Waals surface area contributed by atoms with E-state index in [-0.39, 0.29) is 25.4 Å². The summed E-state index contributed by atoms with van der Waals surface area (Å²) < 4.78 is 33.1. The normalized spacial score (nSPS) is 21.5. The number of carbonyl (C=O) groups excluding carboxylic acids is 1. The minimum absolute atomic E-state index is 0.0129. The number of ether oxygens (including phenoxy) is 1. The maximum Gasteiger partial charge on any atom is 0.351 e. The highest BCUT2D eigenvalue weighted by atomic mass is 31.2. The molecule has 0 saturated carbocycles. The summed E-state index contributed by atoms with van der Waals surface area (Å²) >= 11 is 0. The first-order valence-electron chi connectivity index (χ1n) is 9.94. The number of carbonyl (C=O) groups is 1. The molecule has 32 heavy (non-hydrogen) atoms. The molecular formula is C21H22FN4O5P. The summed E-state index contributed by atoms with van der Waals surface area (Å²) in [6, 6.07) is 14.8. The molecule has 2 aromatic carbocycles. The second-order valence-corrected chi connectivity index (χ2v) is 8.38. The largest absolute Gasteiger partial charge is 0.436 e. The minimum Gasteiger partial charge on any atom is -0.436 e. The van der Waals surface area contributed by atoms with Crippen LogP contribution in [0.5, 0.6) is 5.75 Å². The van der Waals surface area contributed by atoms with Gasteiger partial charge in [-0.2, -0.15) is 4.98 Å². The molecule has 0 bridgehead atoms. The number of halogens is 1. The Morgan fingerprint density at radius 1 is 1.28 bits per heavy atom. The number of nitrogens with zero attached hydrogens (tertiary/aromatic N) is 2. The number of hydrogen-bond donors (Lipinski definition) is 2. The van der Waals surface area contributed by atoms with Crippen molar-refractivity contribution in [1.29, 1.82) is 0 Å². The van der Waals surface area contributed by atoms with E-state index in [9.17, 15) is 14.0 Å². The van der Waals surface area contributed by atoms with E-state index in [1.54, 1.807) is 6.07 Å². The Kier molecular flexibility index (Phi) is 7.06. The zero-order valence-electron chi connectivity index (χ0n) is 17.0. The number of nitrogen functional groups attached to an aromatic ring is 1. The Labute approximate surface area is 184 Å². The number of rotatable bonds is 9. The van der Waals surface area contributed by atoms with Crippen LogP contribution in [-0.2, 0) is 14.1 Å². The topological polar surface area (TPSA) is 118 Å². The van der Waals surface area contributed by atoms with Crippen LogP contribution in [0.2, 0.25) is 0 Å². The summed E-state index contributed by atoms with van der Waals surface area (Å²) in [5.74, 6) is 0.633. The Bertz CT molecular complexity index is 1150. The number of hydrogen-bond acceptors (Lipinski definition) is 8. The highest BCUT2D eigenvalue weighted by Crippen LogP contribution is 2.38. The van der Waals surface area contributed by atoms with E-state index in [1.165, 1.54) is 16.8 Å². The molecule has 4 unspecified atom stereocenters. The molecule has 1 aliphatic rings. The second kappa shape index (κ2) is 10.1. The van der Waals surface area contributed by atoms with E-state index in [0.29, 0.717) is 12.0 Å². The molecule has 1 saturated heterocycles. The molecule has 4 atom stereocenters. The fourth-order valence-electron chi connectivity index (χ4n) is 3.33. The Balaban J connectivity index is 1.40. The second-order valence-electron chi connectivity index (χ2n) is 7.11. The van der Waals surface area contributed by atoms with Crippen molar-refractivity contribution in [1.82, 2.24) is 14.6 Å². The molecule has 3 N–H and O–H groups in total. The lowest BCUT2D eigenvalue weighted by atomic mass is 10.1. The third-order valence-electron chi connectivity index (χ3n) is 4.89. The summed E-state index contributed by atoms with van der Waals surface area (Å²) in [6.07, 6.45) is -0.990. The van der Waals surface area contributed by atoms with Crippen LogP contribution in [0.4, 0.5) is 10.2 Å². The van der Waals surface area contributed by atoms with Crippen LogP contribution >= 0.6 is 8.53 Å². The van der Waals surface area contributed by atoms with E-state index in [0.717, 1.165) is 10.8 Å². The molecule has 1 aliphatic heterocycles. The van der Waals surface area contributed by atoms with Gasteiger partial charge in [0, 0.05) is 12.6 Å². The van der Waals surface area contributed by atoms with E-state index in [4.69, 9.17) is 19.5 Å².